The molecule has 94 valence electrons. The molecule has 0 saturated carbocycles. The molecule has 1 fully saturated rings. The Morgan fingerprint density at radius 3 is 3.00 bits per heavy atom. The van der Waals surface area contributed by atoms with Gasteiger partial charge < -0.3 is 15.2 Å². The minimum absolute atomic E-state index is 0.281. The molecule has 2 unspecified atom stereocenters. The van der Waals surface area contributed by atoms with Crippen LogP contribution in [0.5, 0.6) is 0 Å². The Morgan fingerprint density at radius 1 is 1.62 bits per heavy atom. The van der Waals surface area contributed by atoms with E-state index in [1.165, 1.54) is 7.11 Å². The summed E-state index contributed by atoms with van der Waals surface area (Å²) in [5.41, 5.74) is 5.72. The maximum Gasteiger partial charge on any atom is 0.323 e. The number of piperidine rings is 1. The van der Waals surface area contributed by atoms with Gasteiger partial charge in [-0.25, -0.2) is 0 Å². The Hall–Kier alpha value is -0.650. The van der Waals surface area contributed by atoms with Crippen LogP contribution in [-0.4, -0.2) is 56.4 Å². The van der Waals surface area contributed by atoms with Gasteiger partial charge in [0.15, 0.2) is 0 Å². The smallest absolute Gasteiger partial charge is 0.323 e. The van der Waals surface area contributed by atoms with Crippen LogP contribution in [0.3, 0.4) is 0 Å². The zero-order valence-electron chi connectivity index (χ0n) is 10.1. The summed E-state index contributed by atoms with van der Waals surface area (Å²) in [7, 11) is 1.36. The van der Waals surface area contributed by atoms with Crippen LogP contribution < -0.4 is 5.73 Å². The van der Waals surface area contributed by atoms with Gasteiger partial charge in [0.25, 0.3) is 0 Å². The van der Waals surface area contributed by atoms with Gasteiger partial charge in [-0.2, -0.15) is 0 Å². The van der Waals surface area contributed by atoms with E-state index in [-0.39, 0.29) is 12.1 Å². The standard InChI is InChI=1S/C11H22N2O3/c1-3-16-9-5-4-6-13(7-9)8-10(12)11(14)15-2/h9-10H,3-8,12H2,1-2H3. The van der Waals surface area contributed by atoms with Crippen molar-refractivity contribution in [3.63, 3.8) is 0 Å². The zero-order chi connectivity index (χ0) is 12.0. The third kappa shape index (κ3) is 4.08. The second kappa shape index (κ2) is 6.83. The second-order valence-corrected chi connectivity index (χ2v) is 4.11. The lowest BCUT2D eigenvalue weighted by molar-refractivity contribution is -0.142. The number of esters is 1. The predicted molar refractivity (Wildman–Crippen MR) is 61.1 cm³/mol. The number of hydrogen-bond acceptors (Lipinski definition) is 5. The molecular weight excluding hydrogens is 208 g/mol. The summed E-state index contributed by atoms with van der Waals surface area (Å²) < 4.78 is 10.2. The number of likely N-dealkylation sites (tertiary alicyclic amines) is 1. The normalized spacial score (nSPS) is 24.1. The van der Waals surface area contributed by atoms with Crippen molar-refractivity contribution in [1.82, 2.24) is 4.90 Å². The molecule has 0 aromatic carbocycles. The van der Waals surface area contributed by atoms with E-state index in [1.807, 2.05) is 6.92 Å². The molecule has 0 amide bonds. The molecule has 0 aliphatic carbocycles. The molecule has 0 radical (unpaired) electrons. The number of carbonyl (C=O) groups excluding carboxylic acids is 1. The molecule has 0 bridgehead atoms. The number of nitrogens with two attached hydrogens (primary N) is 1. The van der Waals surface area contributed by atoms with E-state index >= 15 is 0 Å². The van der Waals surface area contributed by atoms with Crippen molar-refractivity contribution in [2.45, 2.75) is 31.9 Å². The third-order valence-electron chi connectivity index (χ3n) is 2.82. The summed E-state index contributed by atoms with van der Waals surface area (Å²) in [5, 5.41) is 0. The molecule has 5 nitrogen and oxygen atoms in total. The Kier molecular flexibility index (Phi) is 5.73. The van der Waals surface area contributed by atoms with Crippen molar-refractivity contribution in [3.8, 4) is 0 Å². The van der Waals surface area contributed by atoms with E-state index in [2.05, 4.69) is 9.64 Å². The van der Waals surface area contributed by atoms with Crippen LogP contribution in [0.1, 0.15) is 19.8 Å². The molecular formula is C11H22N2O3. The first-order chi connectivity index (χ1) is 7.67. The first-order valence-corrected chi connectivity index (χ1v) is 5.84. The number of methoxy groups -OCH3 is 1. The van der Waals surface area contributed by atoms with Crippen molar-refractivity contribution in [3.05, 3.63) is 0 Å². The van der Waals surface area contributed by atoms with Gasteiger partial charge in [-0.15, -0.1) is 0 Å². The Labute approximate surface area is 96.9 Å². The second-order valence-electron chi connectivity index (χ2n) is 4.11. The summed E-state index contributed by atoms with van der Waals surface area (Å²) in [4.78, 5) is 13.4. The van der Waals surface area contributed by atoms with E-state index in [0.717, 1.165) is 32.5 Å². The first kappa shape index (κ1) is 13.4. The Morgan fingerprint density at radius 2 is 2.38 bits per heavy atom. The van der Waals surface area contributed by atoms with Crippen molar-refractivity contribution < 1.29 is 14.3 Å². The van der Waals surface area contributed by atoms with Gasteiger partial charge in [0, 0.05) is 19.7 Å². The summed E-state index contributed by atoms with van der Waals surface area (Å²) in [6, 6.07) is -0.551. The average Bonchev–Trinajstić information content (AvgIpc) is 2.29. The fraction of sp³-hybridized carbons (Fsp3) is 0.909. The van der Waals surface area contributed by atoms with E-state index in [4.69, 9.17) is 10.5 Å². The number of rotatable bonds is 5. The Balaban J connectivity index is 2.33. The molecule has 1 heterocycles. The minimum atomic E-state index is -0.551. The molecule has 0 spiro atoms. The van der Waals surface area contributed by atoms with Gasteiger partial charge in [-0.1, -0.05) is 0 Å². The first-order valence-electron chi connectivity index (χ1n) is 5.84. The highest BCUT2D eigenvalue weighted by Crippen LogP contribution is 2.13. The Bertz CT molecular complexity index is 221. The number of ether oxygens (including phenoxy) is 2. The van der Waals surface area contributed by atoms with Crippen molar-refractivity contribution in [2.75, 3.05) is 33.4 Å². The van der Waals surface area contributed by atoms with Crippen LogP contribution in [-0.2, 0) is 14.3 Å². The fourth-order valence-electron chi connectivity index (χ4n) is 2.05. The summed E-state index contributed by atoms with van der Waals surface area (Å²) >= 11 is 0. The molecule has 1 aliphatic heterocycles. The van der Waals surface area contributed by atoms with E-state index in [0.29, 0.717) is 6.54 Å². The van der Waals surface area contributed by atoms with Crippen LogP contribution in [0.2, 0.25) is 0 Å². The third-order valence-corrected chi connectivity index (χ3v) is 2.82. The lowest BCUT2D eigenvalue weighted by atomic mass is 10.1. The summed E-state index contributed by atoms with van der Waals surface area (Å²) in [6.45, 7) is 5.13. The minimum Gasteiger partial charge on any atom is -0.468 e. The van der Waals surface area contributed by atoms with Crippen LogP contribution >= 0.6 is 0 Å². The highest BCUT2D eigenvalue weighted by Gasteiger charge is 2.24. The average molecular weight is 230 g/mol. The number of carbonyl (C=O) groups is 1. The topological polar surface area (TPSA) is 64.8 Å². The summed E-state index contributed by atoms with van der Waals surface area (Å²) in [6.07, 6.45) is 2.47. The van der Waals surface area contributed by atoms with Gasteiger partial charge in [0.1, 0.15) is 6.04 Å². The number of nitrogens with zero attached hydrogens (tertiary/aromatic N) is 1. The van der Waals surface area contributed by atoms with Crippen LogP contribution in [0.25, 0.3) is 0 Å². The number of hydrogen-bond donors (Lipinski definition) is 1. The van der Waals surface area contributed by atoms with Gasteiger partial charge in [0.2, 0.25) is 0 Å². The zero-order valence-corrected chi connectivity index (χ0v) is 10.1. The quantitative estimate of drug-likeness (QED) is 0.673. The summed E-state index contributed by atoms with van der Waals surface area (Å²) in [5.74, 6) is -0.349. The molecule has 2 atom stereocenters. The maximum absolute atomic E-state index is 11.2. The highest BCUT2D eigenvalue weighted by molar-refractivity contribution is 5.75. The SMILES string of the molecule is CCOC1CCCN(CC(N)C(=O)OC)C1. The van der Waals surface area contributed by atoms with Crippen LogP contribution in [0.15, 0.2) is 0 Å². The predicted octanol–water partition coefficient (Wildman–Crippen LogP) is -0.0124. The van der Waals surface area contributed by atoms with Gasteiger partial charge in [-0.3, -0.25) is 9.69 Å². The van der Waals surface area contributed by atoms with Crippen LogP contribution in [0, 0.1) is 0 Å². The largest absolute Gasteiger partial charge is 0.468 e. The van der Waals surface area contributed by atoms with Crippen molar-refractivity contribution in [1.29, 1.82) is 0 Å². The lowest BCUT2D eigenvalue weighted by Gasteiger charge is -2.33. The molecule has 1 rings (SSSR count). The van der Waals surface area contributed by atoms with E-state index < -0.39 is 6.04 Å². The van der Waals surface area contributed by atoms with E-state index in [9.17, 15) is 4.79 Å². The fourth-order valence-corrected chi connectivity index (χ4v) is 2.05. The van der Waals surface area contributed by atoms with Crippen molar-refractivity contribution >= 4 is 5.97 Å². The highest BCUT2D eigenvalue weighted by atomic mass is 16.5. The molecule has 1 aliphatic rings. The van der Waals surface area contributed by atoms with E-state index in [1.54, 1.807) is 0 Å². The molecule has 1 saturated heterocycles. The molecule has 2 N–H and O–H groups in total. The molecule has 5 heteroatoms. The van der Waals surface area contributed by atoms with Gasteiger partial charge in [0.05, 0.1) is 13.2 Å². The maximum atomic E-state index is 11.2. The lowest BCUT2D eigenvalue weighted by Crippen LogP contribution is -2.48. The van der Waals surface area contributed by atoms with Crippen molar-refractivity contribution in [2.24, 2.45) is 5.73 Å². The molecule has 16 heavy (non-hydrogen) atoms. The molecule has 0 aromatic rings. The van der Waals surface area contributed by atoms with Gasteiger partial charge in [-0.05, 0) is 26.3 Å². The molecule has 0 aromatic heterocycles. The monoisotopic (exact) mass is 230 g/mol. The van der Waals surface area contributed by atoms with Crippen LogP contribution in [0.4, 0.5) is 0 Å². The van der Waals surface area contributed by atoms with Gasteiger partial charge >= 0.3 is 5.97 Å².